The summed E-state index contributed by atoms with van der Waals surface area (Å²) >= 11 is 0. The minimum absolute atomic E-state index is 0.804. The fourth-order valence-electron chi connectivity index (χ4n) is 4.84. The van der Waals surface area contributed by atoms with E-state index in [1.54, 1.807) is 14.2 Å². The molecule has 0 unspecified atom stereocenters. The highest BCUT2D eigenvalue weighted by Crippen LogP contribution is 2.34. The Balaban J connectivity index is 2.21. The smallest absolute Gasteiger partial charge is 0.179 e. The van der Waals surface area contributed by atoms with Crippen molar-refractivity contribution in [2.75, 3.05) is 14.2 Å². The summed E-state index contributed by atoms with van der Waals surface area (Å²) in [5.41, 5.74) is 3.76. The summed E-state index contributed by atoms with van der Waals surface area (Å²) in [5.74, 6) is 1.61. The first kappa shape index (κ1) is 24.8. The average Bonchev–Trinajstić information content (AvgIpc) is 2.89. The summed E-state index contributed by atoms with van der Waals surface area (Å²) in [7, 11) is -0.928. The molecule has 0 aromatic heterocycles. The Morgan fingerprint density at radius 3 is 1.26 bits per heavy atom. The fourth-order valence-corrected chi connectivity index (χ4v) is 12.6. The number of ether oxygens (including phenoxy) is 2. The van der Waals surface area contributed by atoms with Crippen LogP contribution >= 0.6 is 0 Å². The highest BCUT2D eigenvalue weighted by atomic mass is 28.3. The van der Waals surface area contributed by atoms with E-state index < -0.39 is 16.1 Å². The van der Waals surface area contributed by atoms with Crippen LogP contribution in [0.5, 0.6) is 11.5 Å². The number of benzene rings is 4. The molecule has 178 valence electrons. The Hall–Kier alpha value is -3.35. The Labute approximate surface area is 211 Å². The van der Waals surface area contributed by atoms with Crippen LogP contribution in [0, 0.1) is 0 Å². The molecule has 4 aromatic rings. The van der Waals surface area contributed by atoms with Gasteiger partial charge in [0.1, 0.15) is 11.5 Å². The summed E-state index contributed by atoms with van der Waals surface area (Å²) in [4.78, 5) is 0. The molecule has 0 heterocycles. The first-order chi connectivity index (χ1) is 16.9. The maximum Gasteiger partial charge on any atom is 0.179 e. The molecule has 0 radical (unpaired) electrons. The van der Waals surface area contributed by atoms with Crippen LogP contribution in [0.15, 0.2) is 115 Å². The lowest BCUT2D eigenvalue weighted by molar-refractivity contribution is 0.394. The second-order valence-electron chi connectivity index (χ2n) is 9.87. The van der Waals surface area contributed by atoms with E-state index >= 15 is 0 Å². The standard InChI is InChI=1S/C31H34O2Si2/c1-32-26-21-25(22-27(23-26)33-2)31(24-34(3,4)5)35(28-15-9-6-10-16-28,29-17-11-7-12-18-29)30-19-13-8-14-20-30/h6-24H,1-5H3/b31-24+. The molecule has 0 bridgehead atoms. The molecule has 35 heavy (non-hydrogen) atoms. The lowest BCUT2D eigenvalue weighted by atomic mass is 10.2. The van der Waals surface area contributed by atoms with Crippen molar-refractivity contribution in [3.05, 3.63) is 120 Å². The molecule has 0 fully saturated rings. The molecule has 0 amide bonds. The van der Waals surface area contributed by atoms with E-state index in [0.717, 1.165) is 17.1 Å². The van der Waals surface area contributed by atoms with Gasteiger partial charge in [0, 0.05) is 6.07 Å². The van der Waals surface area contributed by atoms with Crippen LogP contribution < -0.4 is 25.0 Å². The molecule has 2 nitrogen and oxygen atoms in total. The van der Waals surface area contributed by atoms with E-state index in [9.17, 15) is 0 Å². The molecule has 0 aliphatic rings. The van der Waals surface area contributed by atoms with Crippen LogP contribution in [0.4, 0.5) is 0 Å². The molecule has 0 spiro atoms. The quantitative estimate of drug-likeness (QED) is 0.232. The van der Waals surface area contributed by atoms with Gasteiger partial charge in [-0.15, -0.1) is 0 Å². The molecule has 0 saturated carbocycles. The van der Waals surface area contributed by atoms with Crippen LogP contribution in [0.3, 0.4) is 0 Å². The maximum atomic E-state index is 5.73. The lowest BCUT2D eigenvalue weighted by Gasteiger charge is -2.38. The number of rotatable bonds is 8. The zero-order valence-electron chi connectivity index (χ0n) is 21.3. The van der Waals surface area contributed by atoms with Crippen molar-refractivity contribution in [2.24, 2.45) is 0 Å². The van der Waals surface area contributed by atoms with E-state index in [1.807, 2.05) is 6.07 Å². The van der Waals surface area contributed by atoms with E-state index in [4.69, 9.17) is 9.47 Å². The zero-order chi connectivity index (χ0) is 24.9. The van der Waals surface area contributed by atoms with Crippen molar-refractivity contribution >= 4 is 36.9 Å². The summed E-state index contributed by atoms with van der Waals surface area (Å²) < 4.78 is 11.5. The van der Waals surface area contributed by atoms with Gasteiger partial charge in [-0.1, -0.05) is 116 Å². The normalized spacial score (nSPS) is 12.3. The predicted molar refractivity (Wildman–Crippen MR) is 155 cm³/mol. The summed E-state index contributed by atoms with van der Waals surface area (Å²) in [6.45, 7) is 7.22. The van der Waals surface area contributed by atoms with Crippen LogP contribution in [-0.4, -0.2) is 30.4 Å². The van der Waals surface area contributed by atoms with Gasteiger partial charge in [-0.05, 0) is 38.5 Å². The summed E-state index contributed by atoms with van der Waals surface area (Å²) in [6, 6.07) is 39.5. The van der Waals surface area contributed by atoms with Gasteiger partial charge in [-0.2, -0.15) is 0 Å². The van der Waals surface area contributed by atoms with Gasteiger partial charge >= 0.3 is 0 Å². The molecule has 4 heteroatoms. The van der Waals surface area contributed by atoms with E-state index in [2.05, 4.69) is 128 Å². The van der Waals surface area contributed by atoms with Gasteiger partial charge in [-0.3, -0.25) is 0 Å². The highest BCUT2D eigenvalue weighted by molar-refractivity contribution is 7.23. The van der Waals surface area contributed by atoms with Crippen molar-refractivity contribution in [3.63, 3.8) is 0 Å². The van der Waals surface area contributed by atoms with Crippen molar-refractivity contribution in [1.82, 2.24) is 0 Å². The topological polar surface area (TPSA) is 18.5 Å². The van der Waals surface area contributed by atoms with Gasteiger partial charge in [0.25, 0.3) is 0 Å². The second-order valence-corrected chi connectivity index (χ2v) is 18.7. The molecule has 0 aliphatic heterocycles. The molecule has 0 aliphatic carbocycles. The Kier molecular flexibility index (Phi) is 7.43. The predicted octanol–water partition coefficient (Wildman–Crippen LogP) is 5.67. The maximum absolute atomic E-state index is 5.73. The Morgan fingerprint density at radius 2 is 0.943 bits per heavy atom. The van der Waals surface area contributed by atoms with Crippen LogP contribution in [-0.2, 0) is 0 Å². The number of hydrogen-bond donors (Lipinski definition) is 0. The van der Waals surface area contributed by atoms with Gasteiger partial charge < -0.3 is 9.47 Å². The second kappa shape index (κ2) is 10.5. The van der Waals surface area contributed by atoms with Crippen molar-refractivity contribution in [1.29, 1.82) is 0 Å². The zero-order valence-corrected chi connectivity index (χ0v) is 23.3. The molecule has 0 saturated heterocycles. The largest absolute Gasteiger partial charge is 0.497 e. The van der Waals surface area contributed by atoms with Crippen molar-refractivity contribution in [3.8, 4) is 11.5 Å². The summed E-state index contributed by atoms with van der Waals surface area (Å²) in [6.07, 6.45) is 0. The third-order valence-corrected chi connectivity index (χ3v) is 12.5. The molecular formula is C31H34O2Si2. The first-order valence-corrected chi connectivity index (χ1v) is 17.6. The van der Waals surface area contributed by atoms with E-state index in [1.165, 1.54) is 20.8 Å². The van der Waals surface area contributed by atoms with Gasteiger partial charge in [0.15, 0.2) is 8.07 Å². The lowest BCUT2D eigenvalue weighted by Crippen LogP contribution is -2.68. The third-order valence-electron chi connectivity index (χ3n) is 6.26. The van der Waals surface area contributed by atoms with E-state index in [0.29, 0.717) is 0 Å². The van der Waals surface area contributed by atoms with Gasteiger partial charge in [0.05, 0.1) is 22.3 Å². The van der Waals surface area contributed by atoms with Crippen molar-refractivity contribution < 1.29 is 9.47 Å². The van der Waals surface area contributed by atoms with Crippen LogP contribution in [0.2, 0.25) is 19.6 Å². The van der Waals surface area contributed by atoms with Crippen LogP contribution in [0.1, 0.15) is 5.56 Å². The number of hydrogen-bond acceptors (Lipinski definition) is 2. The Morgan fingerprint density at radius 1 is 0.571 bits per heavy atom. The van der Waals surface area contributed by atoms with E-state index in [-0.39, 0.29) is 0 Å². The van der Waals surface area contributed by atoms with Crippen molar-refractivity contribution in [2.45, 2.75) is 19.6 Å². The minimum Gasteiger partial charge on any atom is -0.497 e. The van der Waals surface area contributed by atoms with Crippen LogP contribution in [0.25, 0.3) is 5.20 Å². The Bertz CT molecular complexity index is 1160. The first-order valence-electron chi connectivity index (χ1n) is 12.0. The molecular weight excluding hydrogens is 461 g/mol. The number of methoxy groups -OCH3 is 2. The SMILES string of the molecule is COc1cc(OC)cc(/C(=C\[Si](C)(C)C)[Si](c2ccccc2)(c2ccccc2)c2ccccc2)c1. The molecule has 0 N–H and O–H groups in total. The van der Waals surface area contributed by atoms with Gasteiger partial charge in [-0.25, -0.2) is 0 Å². The monoisotopic (exact) mass is 494 g/mol. The fraction of sp³-hybridized carbons (Fsp3) is 0.161. The highest BCUT2D eigenvalue weighted by Gasteiger charge is 2.44. The summed E-state index contributed by atoms with van der Waals surface area (Å²) in [5, 5.41) is 5.48. The molecule has 0 atom stereocenters. The minimum atomic E-state index is -2.69. The molecule has 4 rings (SSSR count). The van der Waals surface area contributed by atoms with Gasteiger partial charge in [0.2, 0.25) is 0 Å². The average molecular weight is 495 g/mol. The third kappa shape index (κ3) is 5.19. The molecule has 4 aromatic carbocycles.